The van der Waals surface area contributed by atoms with E-state index in [0.29, 0.717) is 17.5 Å². The fourth-order valence-corrected chi connectivity index (χ4v) is 2.63. The summed E-state index contributed by atoms with van der Waals surface area (Å²) in [5.41, 5.74) is 2.56. The number of hydrogen-bond acceptors (Lipinski definition) is 4. The molecule has 1 aromatic heterocycles. The third-order valence-corrected chi connectivity index (χ3v) is 3.88. The summed E-state index contributed by atoms with van der Waals surface area (Å²) in [7, 11) is 0. The molecule has 1 N–H and O–H groups in total. The highest BCUT2D eigenvalue weighted by atomic mass is 16.5. The second kappa shape index (κ2) is 7.38. The van der Waals surface area contributed by atoms with Crippen molar-refractivity contribution in [1.82, 2.24) is 9.55 Å². The molecule has 0 spiro atoms. The first-order chi connectivity index (χ1) is 11.6. The average molecular weight is 324 g/mol. The highest BCUT2D eigenvalue weighted by Crippen LogP contribution is 2.11. The van der Waals surface area contributed by atoms with Crippen LogP contribution in [0.1, 0.15) is 11.1 Å². The van der Waals surface area contributed by atoms with Gasteiger partial charge in [-0.1, -0.05) is 42.5 Å². The van der Waals surface area contributed by atoms with Crippen LogP contribution in [0.5, 0.6) is 0 Å². The van der Waals surface area contributed by atoms with Crippen molar-refractivity contribution in [2.75, 3.05) is 6.61 Å². The number of para-hydroxylation sites is 1. The lowest BCUT2D eigenvalue weighted by Gasteiger charge is -2.13. The van der Waals surface area contributed by atoms with Crippen molar-refractivity contribution >= 4 is 10.9 Å². The van der Waals surface area contributed by atoms with Gasteiger partial charge in [0.05, 0.1) is 43.1 Å². The van der Waals surface area contributed by atoms with Gasteiger partial charge in [-0.25, -0.2) is 4.98 Å². The van der Waals surface area contributed by atoms with Gasteiger partial charge in [-0.15, -0.1) is 0 Å². The van der Waals surface area contributed by atoms with Gasteiger partial charge in [0.25, 0.3) is 5.56 Å². The van der Waals surface area contributed by atoms with Gasteiger partial charge in [0.2, 0.25) is 0 Å². The number of fused-ring (bicyclic) bond motifs is 1. The molecule has 3 rings (SSSR count). The SMILES string of the molecule is Cc1cccc2c(=O)n(CC(O)COCc3ccccc3)cnc12. The van der Waals surface area contributed by atoms with Crippen LogP contribution in [0.4, 0.5) is 0 Å². The number of ether oxygens (including phenoxy) is 1. The Kier molecular flexibility index (Phi) is 5.03. The number of nitrogens with zero attached hydrogens (tertiary/aromatic N) is 2. The number of aliphatic hydroxyl groups excluding tert-OH is 1. The minimum absolute atomic E-state index is 0.147. The second-order valence-electron chi connectivity index (χ2n) is 5.83. The van der Waals surface area contributed by atoms with E-state index < -0.39 is 6.10 Å². The summed E-state index contributed by atoms with van der Waals surface area (Å²) in [6, 6.07) is 15.3. The van der Waals surface area contributed by atoms with Crippen molar-refractivity contribution in [3.8, 4) is 0 Å². The Morgan fingerprint density at radius 3 is 2.75 bits per heavy atom. The maximum absolute atomic E-state index is 12.5. The summed E-state index contributed by atoms with van der Waals surface area (Å²) in [5, 5.41) is 10.7. The molecule has 1 unspecified atom stereocenters. The molecule has 0 bridgehead atoms. The molecule has 0 amide bonds. The summed E-state index contributed by atoms with van der Waals surface area (Å²) < 4.78 is 6.94. The Morgan fingerprint density at radius 2 is 1.96 bits per heavy atom. The molecule has 0 saturated heterocycles. The first-order valence-electron chi connectivity index (χ1n) is 7.89. The smallest absolute Gasteiger partial charge is 0.261 e. The maximum atomic E-state index is 12.5. The molecule has 3 aromatic rings. The molecule has 0 saturated carbocycles. The van der Waals surface area contributed by atoms with Crippen LogP contribution < -0.4 is 5.56 Å². The van der Waals surface area contributed by atoms with Crippen LogP contribution in [0.2, 0.25) is 0 Å². The molecule has 1 heterocycles. The molecular weight excluding hydrogens is 304 g/mol. The van der Waals surface area contributed by atoms with E-state index in [-0.39, 0.29) is 18.7 Å². The monoisotopic (exact) mass is 324 g/mol. The highest BCUT2D eigenvalue weighted by Gasteiger charge is 2.10. The van der Waals surface area contributed by atoms with E-state index in [1.807, 2.05) is 49.4 Å². The van der Waals surface area contributed by atoms with Crippen LogP contribution in [-0.2, 0) is 17.9 Å². The zero-order valence-electron chi connectivity index (χ0n) is 13.6. The Bertz CT molecular complexity index is 875. The van der Waals surface area contributed by atoms with Crippen LogP contribution in [0.15, 0.2) is 59.7 Å². The van der Waals surface area contributed by atoms with Crippen molar-refractivity contribution in [1.29, 1.82) is 0 Å². The third kappa shape index (κ3) is 3.69. The van der Waals surface area contributed by atoms with Crippen molar-refractivity contribution in [3.63, 3.8) is 0 Å². The molecule has 124 valence electrons. The largest absolute Gasteiger partial charge is 0.389 e. The molecule has 5 nitrogen and oxygen atoms in total. The summed E-state index contributed by atoms with van der Waals surface area (Å²) in [6.07, 6.45) is 0.716. The molecule has 2 aromatic carbocycles. The fraction of sp³-hybridized carbons (Fsp3) is 0.263. The first kappa shape index (κ1) is 16.4. The zero-order valence-corrected chi connectivity index (χ0v) is 13.6. The van der Waals surface area contributed by atoms with Crippen molar-refractivity contribution in [2.24, 2.45) is 0 Å². The molecule has 0 aliphatic carbocycles. The summed E-state index contributed by atoms with van der Waals surface area (Å²) in [6.45, 7) is 2.67. The van der Waals surface area contributed by atoms with Crippen LogP contribution in [0.25, 0.3) is 10.9 Å². The van der Waals surface area contributed by atoms with Gasteiger partial charge in [-0.2, -0.15) is 0 Å². The Morgan fingerprint density at radius 1 is 1.17 bits per heavy atom. The van der Waals surface area contributed by atoms with E-state index in [1.165, 1.54) is 10.9 Å². The molecular formula is C19H20N2O3. The molecule has 5 heteroatoms. The zero-order chi connectivity index (χ0) is 16.9. The number of rotatable bonds is 6. The standard InChI is InChI=1S/C19H20N2O3/c1-14-6-5-9-17-18(14)20-13-21(19(17)23)10-16(22)12-24-11-15-7-3-2-4-8-15/h2-9,13,16,22H,10-12H2,1H3. The van der Waals surface area contributed by atoms with E-state index in [2.05, 4.69) is 4.98 Å². The Hall–Kier alpha value is -2.50. The van der Waals surface area contributed by atoms with Crippen molar-refractivity contribution < 1.29 is 9.84 Å². The first-order valence-corrected chi connectivity index (χ1v) is 7.89. The number of aromatic nitrogens is 2. The minimum Gasteiger partial charge on any atom is -0.389 e. The molecule has 0 aliphatic heterocycles. The Labute approximate surface area is 140 Å². The van der Waals surface area contributed by atoms with Gasteiger partial charge in [0.15, 0.2) is 0 Å². The quantitative estimate of drug-likeness (QED) is 0.755. The lowest BCUT2D eigenvalue weighted by atomic mass is 10.1. The summed E-state index contributed by atoms with van der Waals surface area (Å²) in [4.78, 5) is 16.8. The van der Waals surface area contributed by atoms with Gasteiger partial charge in [-0.3, -0.25) is 9.36 Å². The normalized spacial score (nSPS) is 12.4. The van der Waals surface area contributed by atoms with Crippen LogP contribution in [0, 0.1) is 6.92 Å². The van der Waals surface area contributed by atoms with E-state index >= 15 is 0 Å². The molecule has 24 heavy (non-hydrogen) atoms. The van der Waals surface area contributed by atoms with Gasteiger partial charge in [-0.05, 0) is 24.1 Å². The van der Waals surface area contributed by atoms with Gasteiger partial charge in [0.1, 0.15) is 0 Å². The lowest BCUT2D eigenvalue weighted by Crippen LogP contribution is -2.29. The van der Waals surface area contributed by atoms with Gasteiger partial charge >= 0.3 is 0 Å². The van der Waals surface area contributed by atoms with Crippen LogP contribution >= 0.6 is 0 Å². The molecule has 1 atom stereocenters. The number of benzene rings is 2. The fourth-order valence-electron chi connectivity index (χ4n) is 2.63. The molecule has 0 radical (unpaired) electrons. The van der Waals surface area contributed by atoms with E-state index in [4.69, 9.17) is 4.74 Å². The minimum atomic E-state index is -0.768. The highest BCUT2D eigenvalue weighted by molar-refractivity contribution is 5.80. The Balaban J connectivity index is 1.64. The number of aryl methyl sites for hydroxylation is 1. The number of hydrogen-bond donors (Lipinski definition) is 1. The van der Waals surface area contributed by atoms with Gasteiger partial charge < -0.3 is 9.84 Å². The molecule has 0 fully saturated rings. The summed E-state index contributed by atoms with van der Waals surface area (Å²) in [5.74, 6) is 0. The maximum Gasteiger partial charge on any atom is 0.261 e. The summed E-state index contributed by atoms with van der Waals surface area (Å²) >= 11 is 0. The number of aliphatic hydroxyl groups is 1. The lowest BCUT2D eigenvalue weighted by molar-refractivity contribution is 0.0198. The van der Waals surface area contributed by atoms with E-state index in [1.54, 1.807) is 6.07 Å². The average Bonchev–Trinajstić information content (AvgIpc) is 2.59. The third-order valence-electron chi connectivity index (χ3n) is 3.88. The molecule has 0 aliphatic rings. The van der Waals surface area contributed by atoms with E-state index in [0.717, 1.165) is 11.1 Å². The predicted molar refractivity (Wildman–Crippen MR) is 92.8 cm³/mol. The van der Waals surface area contributed by atoms with Crippen molar-refractivity contribution in [2.45, 2.75) is 26.2 Å². The predicted octanol–water partition coefficient (Wildman–Crippen LogP) is 2.28. The van der Waals surface area contributed by atoms with Crippen molar-refractivity contribution in [3.05, 3.63) is 76.3 Å². The van der Waals surface area contributed by atoms with Crippen LogP contribution in [0.3, 0.4) is 0 Å². The van der Waals surface area contributed by atoms with E-state index in [9.17, 15) is 9.90 Å². The van der Waals surface area contributed by atoms with Crippen LogP contribution in [-0.4, -0.2) is 27.4 Å². The topological polar surface area (TPSA) is 64.4 Å². The van der Waals surface area contributed by atoms with Gasteiger partial charge in [0, 0.05) is 0 Å². The second-order valence-corrected chi connectivity index (χ2v) is 5.83.